The summed E-state index contributed by atoms with van der Waals surface area (Å²) in [5, 5.41) is 6.66. The van der Waals surface area contributed by atoms with Gasteiger partial charge in [-0.1, -0.05) is 44.5 Å². The van der Waals surface area contributed by atoms with Crippen LogP contribution in [-0.2, 0) is 12.8 Å². The third kappa shape index (κ3) is 6.27. The highest BCUT2D eigenvalue weighted by molar-refractivity contribution is 5.79. The highest BCUT2D eigenvalue weighted by atomic mass is 15.2. The van der Waals surface area contributed by atoms with E-state index in [0.717, 1.165) is 31.9 Å². The van der Waals surface area contributed by atoms with Crippen molar-refractivity contribution >= 4 is 5.96 Å². The van der Waals surface area contributed by atoms with E-state index >= 15 is 0 Å². The zero-order chi connectivity index (χ0) is 13.9. The number of nitrogens with one attached hydrogen (secondary N) is 2. The Morgan fingerprint density at radius 1 is 1.00 bits per heavy atom. The Morgan fingerprint density at radius 3 is 2.21 bits per heavy atom. The normalized spacial score (nSPS) is 11.4. The van der Waals surface area contributed by atoms with Crippen LogP contribution in [0.2, 0.25) is 0 Å². The maximum atomic E-state index is 4.21. The summed E-state index contributed by atoms with van der Waals surface area (Å²) in [5.74, 6) is 0.902. The first-order valence-corrected chi connectivity index (χ1v) is 7.32. The van der Waals surface area contributed by atoms with Crippen LogP contribution in [-0.4, -0.2) is 26.1 Å². The second-order valence-corrected chi connectivity index (χ2v) is 4.70. The molecule has 19 heavy (non-hydrogen) atoms. The predicted octanol–water partition coefficient (Wildman–Crippen LogP) is 2.76. The molecule has 2 N–H and O–H groups in total. The molecule has 0 aliphatic rings. The van der Waals surface area contributed by atoms with Crippen LogP contribution in [0.1, 0.15) is 37.8 Å². The second kappa shape index (κ2) is 9.42. The third-order valence-electron chi connectivity index (χ3n) is 3.18. The summed E-state index contributed by atoms with van der Waals surface area (Å²) in [6, 6.07) is 8.86. The number of hydrogen-bond acceptors (Lipinski definition) is 1. The van der Waals surface area contributed by atoms with Crippen LogP contribution < -0.4 is 10.6 Å². The van der Waals surface area contributed by atoms with Gasteiger partial charge in [-0.05, 0) is 30.4 Å². The van der Waals surface area contributed by atoms with Gasteiger partial charge in [0, 0.05) is 20.1 Å². The first-order valence-electron chi connectivity index (χ1n) is 7.32. The van der Waals surface area contributed by atoms with Crippen molar-refractivity contribution in [1.82, 2.24) is 10.6 Å². The summed E-state index contributed by atoms with van der Waals surface area (Å²) >= 11 is 0. The van der Waals surface area contributed by atoms with E-state index in [4.69, 9.17) is 0 Å². The number of benzene rings is 1. The van der Waals surface area contributed by atoms with Gasteiger partial charge in [0.05, 0.1) is 0 Å². The molecule has 0 aliphatic heterocycles. The standard InChI is InChI=1S/C16H27N3/c1-4-6-12-18-16(17-3)19-13-11-15-9-7-14(5-2)8-10-15/h7-10H,4-6,11-13H2,1-3H3,(H2,17,18,19). The summed E-state index contributed by atoms with van der Waals surface area (Å²) < 4.78 is 0. The van der Waals surface area contributed by atoms with E-state index in [0.29, 0.717) is 0 Å². The maximum absolute atomic E-state index is 4.21. The SMILES string of the molecule is CCCCNC(=NC)NCCc1ccc(CC)cc1. The molecule has 3 heteroatoms. The monoisotopic (exact) mass is 261 g/mol. The second-order valence-electron chi connectivity index (χ2n) is 4.70. The van der Waals surface area contributed by atoms with Crippen LogP contribution in [0.25, 0.3) is 0 Å². The molecule has 0 aliphatic carbocycles. The van der Waals surface area contributed by atoms with Crippen molar-refractivity contribution in [3.8, 4) is 0 Å². The molecule has 0 spiro atoms. The number of guanidine groups is 1. The van der Waals surface area contributed by atoms with Crippen LogP contribution in [0, 0.1) is 0 Å². The molecule has 3 nitrogen and oxygen atoms in total. The molecular formula is C16H27N3. The number of rotatable bonds is 7. The van der Waals surface area contributed by atoms with Gasteiger partial charge in [0.1, 0.15) is 0 Å². The number of nitrogens with zero attached hydrogens (tertiary/aromatic N) is 1. The van der Waals surface area contributed by atoms with E-state index < -0.39 is 0 Å². The van der Waals surface area contributed by atoms with Crippen molar-refractivity contribution in [2.24, 2.45) is 4.99 Å². The molecule has 0 bridgehead atoms. The van der Waals surface area contributed by atoms with Gasteiger partial charge in [0.15, 0.2) is 5.96 Å². The van der Waals surface area contributed by atoms with E-state index in [9.17, 15) is 0 Å². The molecule has 0 saturated heterocycles. The van der Waals surface area contributed by atoms with Gasteiger partial charge in [0.2, 0.25) is 0 Å². The quantitative estimate of drug-likeness (QED) is 0.450. The fourth-order valence-electron chi connectivity index (χ4n) is 1.87. The molecule has 0 saturated carbocycles. The maximum Gasteiger partial charge on any atom is 0.190 e. The van der Waals surface area contributed by atoms with Crippen LogP contribution in [0.4, 0.5) is 0 Å². The third-order valence-corrected chi connectivity index (χ3v) is 3.18. The summed E-state index contributed by atoms with van der Waals surface area (Å²) in [6.45, 7) is 6.28. The van der Waals surface area contributed by atoms with Gasteiger partial charge < -0.3 is 10.6 Å². The summed E-state index contributed by atoms with van der Waals surface area (Å²) in [7, 11) is 1.82. The molecule has 0 heterocycles. The van der Waals surface area contributed by atoms with E-state index in [1.807, 2.05) is 7.05 Å². The fraction of sp³-hybridized carbons (Fsp3) is 0.562. The molecule has 0 aromatic heterocycles. The van der Waals surface area contributed by atoms with Crippen LogP contribution in [0.5, 0.6) is 0 Å². The van der Waals surface area contributed by atoms with E-state index in [-0.39, 0.29) is 0 Å². The molecule has 106 valence electrons. The molecule has 0 amide bonds. The van der Waals surface area contributed by atoms with E-state index in [2.05, 4.69) is 53.7 Å². The van der Waals surface area contributed by atoms with Crippen molar-refractivity contribution in [1.29, 1.82) is 0 Å². The Morgan fingerprint density at radius 2 is 1.63 bits per heavy atom. The summed E-state index contributed by atoms with van der Waals surface area (Å²) in [6.07, 6.45) is 4.51. The average Bonchev–Trinajstić information content (AvgIpc) is 2.46. The van der Waals surface area contributed by atoms with Crippen molar-refractivity contribution in [3.63, 3.8) is 0 Å². The largest absolute Gasteiger partial charge is 0.356 e. The van der Waals surface area contributed by atoms with Gasteiger partial charge in [-0.2, -0.15) is 0 Å². The molecule has 1 aromatic rings. The lowest BCUT2D eigenvalue weighted by Gasteiger charge is -2.11. The smallest absolute Gasteiger partial charge is 0.190 e. The molecule has 0 radical (unpaired) electrons. The lowest BCUT2D eigenvalue weighted by atomic mass is 10.1. The first-order chi connectivity index (χ1) is 9.30. The Hall–Kier alpha value is -1.51. The van der Waals surface area contributed by atoms with E-state index in [1.165, 1.54) is 24.0 Å². The summed E-state index contributed by atoms with van der Waals surface area (Å²) in [4.78, 5) is 4.21. The molecule has 0 fully saturated rings. The van der Waals surface area contributed by atoms with Crippen molar-refractivity contribution in [2.45, 2.75) is 39.5 Å². The fourth-order valence-corrected chi connectivity index (χ4v) is 1.87. The zero-order valence-electron chi connectivity index (χ0n) is 12.5. The topological polar surface area (TPSA) is 36.4 Å². The minimum Gasteiger partial charge on any atom is -0.356 e. The lowest BCUT2D eigenvalue weighted by Crippen LogP contribution is -2.38. The predicted molar refractivity (Wildman–Crippen MR) is 83.8 cm³/mol. The summed E-state index contributed by atoms with van der Waals surface area (Å²) in [5.41, 5.74) is 2.77. The van der Waals surface area contributed by atoms with Crippen molar-refractivity contribution < 1.29 is 0 Å². The van der Waals surface area contributed by atoms with Crippen LogP contribution in [0.15, 0.2) is 29.3 Å². The highest BCUT2D eigenvalue weighted by Crippen LogP contribution is 2.05. The molecule has 0 unspecified atom stereocenters. The van der Waals surface area contributed by atoms with Gasteiger partial charge >= 0.3 is 0 Å². The van der Waals surface area contributed by atoms with Gasteiger partial charge in [-0.3, -0.25) is 4.99 Å². The number of hydrogen-bond donors (Lipinski definition) is 2. The number of aryl methyl sites for hydroxylation is 1. The van der Waals surface area contributed by atoms with Crippen molar-refractivity contribution in [2.75, 3.05) is 20.1 Å². The first kappa shape index (κ1) is 15.5. The van der Waals surface area contributed by atoms with Gasteiger partial charge in [-0.25, -0.2) is 0 Å². The van der Waals surface area contributed by atoms with Gasteiger partial charge in [-0.15, -0.1) is 0 Å². The zero-order valence-corrected chi connectivity index (χ0v) is 12.5. The minimum absolute atomic E-state index is 0.902. The minimum atomic E-state index is 0.902. The molecule has 0 atom stereocenters. The average molecular weight is 261 g/mol. The number of aliphatic imine (C=N–C) groups is 1. The lowest BCUT2D eigenvalue weighted by molar-refractivity contribution is 0.726. The Labute approximate surface area is 117 Å². The Balaban J connectivity index is 2.27. The highest BCUT2D eigenvalue weighted by Gasteiger charge is 1.97. The van der Waals surface area contributed by atoms with Crippen LogP contribution in [0.3, 0.4) is 0 Å². The molecule has 1 aromatic carbocycles. The van der Waals surface area contributed by atoms with Gasteiger partial charge in [0.25, 0.3) is 0 Å². The Kier molecular flexibility index (Phi) is 7.71. The molecule has 1 rings (SSSR count). The Bertz CT molecular complexity index is 368. The van der Waals surface area contributed by atoms with Crippen molar-refractivity contribution in [3.05, 3.63) is 35.4 Å². The van der Waals surface area contributed by atoms with E-state index in [1.54, 1.807) is 0 Å². The van der Waals surface area contributed by atoms with Crippen LogP contribution >= 0.6 is 0 Å². The molecular weight excluding hydrogens is 234 g/mol. The number of unbranched alkanes of at least 4 members (excludes halogenated alkanes) is 1.